The molecule has 17 heavy (non-hydrogen) atoms. The fourth-order valence-electron chi connectivity index (χ4n) is 2.61. The van der Waals surface area contributed by atoms with Gasteiger partial charge < -0.3 is 9.73 Å². The lowest BCUT2D eigenvalue weighted by Gasteiger charge is -2.26. The van der Waals surface area contributed by atoms with Crippen molar-refractivity contribution in [3.63, 3.8) is 0 Å². The Morgan fingerprint density at radius 3 is 2.94 bits per heavy atom. The fourth-order valence-corrected chi connectivity index (χ4v) is 3.81. The van der Waals surface area contributed by atoms with Crippen LogP contribution in [-0.2, 0) is 6.42 Å². The third-order valence-electron chi connectivity index (χ3n) is 3.51. The van der Waals surface area contributed by atoms with Crippen molar-refractivity contribution < 1.29 is 4.42 Å². The van der Waals surface area contributed by atoms with Crippen molar-refractivity contribution in [2.24, 2.45) is 5.92 Å². The maximum absolute atomic E-state index is 5.15. The number of likely N-dealkylation sites (N-methyl/N-ethyl adjacent to an activating group) is 1. The summed E-state index contributed by atoms with van der Waals surface area (Å²) in [4.78, 5) is 0. The van der Waals surface area contributed by atoms with Gasteiger partial charge in [-0.2, -0.15) is 11.8 Å². The van der Waals surface area contributed by atoms with Gasteiger partial charge in [-0.05, 0) is 61.3 Å². The molecule has 3 heteroatoms. The van der Waals surface area contributed by atoms with Gasteiger partial charge >= 0.3 is 0 Å². The number of hydrogen-bond acceptors (Lipinski definition) is 3. The predicted octanol–water partition coefficient (Wildman–Crippen LogP) is 3.33. The lowest BCUT2D eigenvalue weighted by atomic mass is 9.91. The van der Waals surface area contributed by atoms with Gasteiger partial charge in [0.05, 0.1) is 12.5 Å². The Morgan fingerprint density at radius 2 is 2.29 bits per heavy atom. The molecule has 2 rings (SSSR count). The zero-order valence-corrected chi connectivity index (χ0v) is 11.5. The molecule has 2 heterocycles. The van der Waals surface area contributed by atoms with Crippen molar-refractivity contribution in [3.8, 4) is 0 Å². The molecule has 0 amide bonds. The first-order valence-corrected chi connectivity index (χ1v) is 7.86. The molecule has 1 saturated heterocycles. The molecule has 1 aliphatic rings. The molecule has 1 fully saturated rings. The van der Waals surface area contributed by atoms with Gasteiger partial charge in [0.15, 0.2) is 0 Å². The van der Waals surface area contributed by atoms with E-state index in [1.165, 1.54) is 36.3 Å². The standard InChI is InChI=1S/C14H23NOS/c1-2-15-14(10-13-3-6-16-11-13)9-12-4-7-17-8-5-12/h3,6,11-12,14-15H,2,4-5,7-10H2,1H3. The highest BCUT2D eigenvalue weighted by Gasteiger charge is 2.19. The zero-order chi connectivity index (χ0) is 11.9. The molecule has 1 N–H and O–H groups in total. The molecule has 0 aliphatic carbocycles. The molecular formula is C14H23NOS. The van der Waals surface area contributed by atoms with Crippen LogP contribution in [0, 0.1) is 5.92 Å². The fraction of sp³-hybridized carbons (Fsp3) is 0.714. The smallest absolute Gasteiger partial charge is 0.0935 e. The van der Waals surface area contributed by atoms with Gasteiger partial charge in [-0.25, -0.2) is 0 Å². The van der Waals surface area contributed by atoms with Crippen LogP contribution in [0.2, 0.25) is 0 Å². The maximum atomic E-state index is 5.15. The molecule has 0 bridgehead atoms. The molecule has 0 aromatic carbocycles. The Bertz CT molecular complexity index is 293. The van der Waals surface area contributed by atoms with Crippen LogP contribution < -0.4 is 5.32 Å². The average Bonchev–Trinajstić information content (AvgIpc) is 2.83. The highest BCUT2D eigenvalue weighted by molar-refractivity contribution is 7.99. The number of nitrogens with one attached hydrogen (secondary N) is 1. The van der Waals surface area contributed by atoms with Gasteiger partial charge in [-0.15, -0.1) is 0 Å². The molecule has 1 aromatic heterocycles. The van der Waals surface area contributed by atoms with Crippen LogP contribution in [0.15, 0.2) is 23.0 Å². The van der Waals surface area contributed by atoms with Crippen molar-refractivity contribution in [1.82, 2.24) is 5.32 Å². The van der Waals surface area contributed by atoms with Gasteiger partial charge in [-0.1, -0.05) is 6.92 Å². The quantitative estimate of drug-likeness (QED) is 0.842. The summed E-state index contributed by atoms with van der Waals surface area (Å²) in [5.74, 6) is 3.64. The molecular weight excluding hydrogens is 230 g/mol. The molecule has 1 unspecified atom stereocenters. The zero-order valence-electron chi connectivity index (χ0n) is 10.7. The van der Waals surface area contributed by atoms with Crippen LogP contribution in [0.4, 0.5) is 0 Å². The van der Waals surface area contributed by atoms with Crippen molar-refractivity contribution >= 4 is 11.8 Å². The summed E-state index contributed by atoms with van der Waals surface area (Å²) in [7, 11) is 0. The van der Waals surface area contributed by atoms with Crippen molar-refractivity contribution in [3.05, 3.63) is 24.2 Å². The summed E-state index contributed by atoms with van der Waals surface area (Å²) >= 11 is 2.11. The normalized spacial score (nSPS) is 19.4. The van der Waals surface area contributed by atoms with Crippen molar-refractivity contribution in [2.45, 2.75) is 38.6 Å². The van der Waals surface area contributed by atoms with E-state index >= 15 is 0 Å². The van der Waals surface area contributed by atoms with Crippen LogP contribution in [0.3, 0.4) is 0 Å². The Morgan fingerprint density at radius 1 is 1.47 bits per heavy atom. The Balaban J connectivity index is 1.83. The minimum Gasteiger partial charge on any atom is -0.472 e. The Labute approximate surface area is 109 Å². The number of hydrogen-bond donors (Lipinski definition) is 1. The molecule has 1 atom stereocenters. The van der Waals surface area contributed by atoms with E-state index in [0.29, 0.717) is 6.04 Å². The van der Waals surface area contributed by atoms with E-state index in [0.717, 1.165) is 18.9 Å². The van der Waals surface area contributed by atoms with E-state index in [9.17, 15) is 0 Å². The number of rotatable bonds is 6. The summed E-state index contributed by atoms with van der Waals surface area (Å²) < 4.78 is 5.15. The van der Waals surface area contributed by atoms with Crippen LogP contribution in [0.1, 0.15) is 31.7 Å². The van der Waals surface area contributed by atoms with E-state index in [1.807, 2.05) is 6.26 Å². The SMILES string of the molecule is CCNC(Cc1ccoc1)CC1CCSCC1. The highest BCUT2D eigenvalue weighted by Crippen LogP contribution is 2.27. The summed E-state index contributed by atoms with van der Waals surface area (Å²) in [5.41, 5.74) is 1.32. The second kappa shape index (κ2) is 7.12. The second-order valence-electron chi connectivity index (χ2n) is 4.88. The summed E-state index contributed by atoms with van der Waals surface area (Å²) in [5, 5.41) is 3.62. The van der Waals surface area contributed by atoms with Crippen LogP contribution in [0.25, 0.3) is 0 Å². The van der Waals surface area contributed by atoms with E-state index in [1.54, 1.807) is 6.26 Å². The molecule has 1 aliphatic heterocycles. The molecule has 2 nitrogen and oxygen atoms in total. The number of thioether (sulfide) groups is 1. The summed E-state index contributed by atoms with van der Waals surface area (Å²) in [6, 6.07) is 2.70. The summed E-state index contributed by atoms with van der Waals surface area (Å²) in [6.45, 7) is 3.25. The lowest BCUT2D eigenvalue weighted by molar-refractivity contribution is 0.366. The second-order valence-corrected chi connectivity index (χ2v) is 6.11. The predicted molar refractivity (Wildman–Crippen MR) is 74.5 cm³/mol. The van der Waals surface area contributed by atoms with E-state index in [4.69, 9.17) is 4.42 Å². The van der Waals surface area contributed by atoms with E-state index < -0.39 is 0 Å². The van der Waals surface area contributed by atoms with Gasteiger partial charge in [-0.3, -0.25) is 0 Å². The van der Waals surface area contributed by atoms with Gasteiger partial charge in [0.1, 0.15) is 0 Å². The van der Waals surface area contributed by atoms with Crippen LogP contribution in [0.5, 0.6) is 0 Å². The van der Waals surface area contributed by atoms with E-state index in [2.05, 4.69) is 30.1 Å². The van der Waals surface area contributed by atoms with Crippen LogP contribution in [-0.4, -0.2) is 24.1 Å². The number of furan rings is 1. The highest BCUT2D eigenvalue weighted by atomic mass is 32.2. The molecule has 0 spiro atoms. The van der Waals surface area contributed by atoms with Crippen molar-refractivity contribution in [1.29, 1.82) is 0 Å². The minimum absolute atomic E-state index is 0.616. The van der Waals surface area contributed by atoms with Gasteiger partial charge in [0.2, 0.25) is 0 Å². The Kier molecular flexibility index (Phi) is 5.46. The first kappa shape index (κ1) is 13.0. The topological polar surface area (TPSA) is 25.2 Å². The first-order valence-electron chi connectivity index (χ1n) is 6.70. The molecule has 1 aromatic rings. The molecule has 96 valence electrons. The molecule has 0 saturated carbocycles. The third-order valence-corrected chi connectivity index (χ3v) is 4.56. The lowest BCUT2D eigenvalue weighted by Crippen LogP contribution is -2.33. The summed E-state index contributed by atoms with van der Waals surface area (Å²) in [6.07, 6.45) is 8.88. The maximum Gasteiger partial charge on any atom is 0.0935 e. The average molecular weight is 253 g/mol. The largest absolute Gasteiger partial charge is 0.472 e. The van der Waals surface area contributed by atoms with Crippen LogP contribution >= 0.6 is 11.8 Å². The van der Waals surface area contributed by atoms with Gasteiger partial charge in [0, 0.05) is 6.04 Å². The Hall–Kier alpha value is -0.410. The van der Waals surface area contributed by atoms with Crippen molar-refractivity contribution in [2.75, 3.05) is 18.1 Å². The minimum atomic E-state index is 0.616. The molecule has 0 radical (unpaired) electrons. The monoisotopic (exact) mass is 253 g/mol. The first-order chi connectivity index (χ1) is 8.38. The third kappa shape index (κ3) is 4.40. The van der Waals surface area contributed by atoms with E-state index in [-0.39, 0.29) is 0 Å². The van der Waals surface area contributed by atoms with Gasteiger partial charge in [0.25, 0.3) is 0 Å².